The molecule has 0 heterocycles. The maximum Gasteiger partial charge on any atom is 0.297 e. The number of carbonyl (C=O) groups is 1. The Morgan fingerprint density at radius 2 is 2.00 bits per heavy atom. The molecule has 0 aromatic rings. The number of Topliss-reactive ketones (excluding diaryl/α,β-unsaturated/α-hetero) is 1. The van der Waals surface area contributed by atoms with Crippen molar-refractivity contribution in [2.45, 2.75) is 10.9 Å². The number of rotatable bonds is 2. The molecule has 0 N–H and O–H groups in total. The van der Waals surface area contributed by atoms with Crippen molar-refractivity contribution in [3.63, 3.8) is 0 Å². The summed E-state index contributed by atoms with van der Waals surface area (Å²) in [6.45, 7) is 1.17. The summed E-state index contributed by atoms with van der Waals surface area (Å²) in [5.74, 6) is -0.179. The van der Waals surface area contributed by atoms with Crippen LogP contribution in [0.2, 0.25) is 0 Å². The summed E-state index contributed by atoms with van der Waals surface area (Å²) in [5, 5.41) is 0. The number of ketones is 1. The Balaban J connectivity index is 3.39. The largest absolute Gasteiger partial charge is 0.326 e. The topological polar surface area (TPSA) is 26.3 Å². The van der Waals surface area contributed by atoms with Crippen molar-refractivity contribution >= 4 is 40.6 Å². The molecule has 0 aliphatic carbocycles. The van der Waals surface area contributed by atoms with Crippen LogP contribution in [0.5, 0.6) is 0 Å². The first-order valence-electron chi connectivity index (χ1n) is 2.12. The summed E-state index contributed by atoms with van der Waals surface area (Å²) in [7, 11) is 0. The average molecular weight is 191 g/mol. The van der Waals surface area contributed by atoms with Crippen LogP contribution in [0.25, 0.3) is 0 Å². The molecule has 0 rings (SSSR count). The Bertz CT molecular complexity index is 107. The number of halogens is 3. The highest BCUT2D eigenvalue weighted by atomic mass is 35.6. The Labute approximate surface area is 68.0 Å². The molecule has 0 aromatic carbocycles. The van der Waals surface area contributed by atoms with Gasteiger partial charge in [0.05, 0.1) is 0 Å². The van der Waals surface area contributed by atoms with Gasteiger partial charge < -0.3 is 4.74 Å². The Morgan fingerprint density at radius 3 is 2.11 bits per heavy atom. The molecule has 0 atom stereocenters. The van der Waals surface area contributed by atoms with Crippen LogP contribution in [0.15, 0.2) is 0 Å². The second-order valence-electron chi connectivity index (χ2n) is 1.44. The van der Waals surface area contributed by atoms with Crippen molar-refractivity contribution in [2.75, 3.05) is 6.61 Å². The van der Waals surface area contributed by atoms with E-state index in [2.05, 4.69) is 4.74 Å². The van der Waals surface area contributed by atoms with Gasteiger partial charge in [-0.15, -0.1) is 0 Å². The number of carbonyl (C=O) groups excluding carboxylic acids is 1. The highest BCUT2D eigenvalue weighted by molar-refractivity contribution is 6.66. The van der Waals surface area contributed by atoms with Crippen molar-refractivity contribution < 1.29 is 9.53 Å². The molecule has 5 heteroatoms. The zero-order valence-corrected chi connectivity index (χ0v) is 6.93. The lowest BCUT2D eigenvalue weighted by atomic mass is 10.5. The molecule has 0 aromatic heterocycles. The van der Waals surface area contributed by atoms with E-state index in [9.17, 15) is 4.79 Å². The van der Waals surface area contributed by atoms with Gasteiger partial charge in [-0.25, -0.2) is 0 Å². The van der Waals surface area contributed by atoms with Crippen molar-refractivity contribution in [3.8, 4) is 0 Å². The van der Waals surface area contributed by atoms with E-state index in [1.807, 2.05) is 0 Å². The summed E-state index contributed by atoms with van der Waals surface area (Å²) in [6.07, 6.45) is 0. The lowest BCUT2D eigenvalue weighted by Gasteiger charge is -2.08. The number of hydrogen-bond donors (Lipinski definition) is 0. The van der Waals surface area contributed by atoms with E-state index in [4.69, 9.17) is 34.8 Å². The van der Waals surface area contributed by atoms with Gasteiger partial charge in [-0.05, 0) is 6.92 Å². The predicted molar refractivity (Wildman–Crippen MR) is 36.9 cm³/mol. The number of ether oxygens (including phenoxy) is 1. The fourth-order valence-electron chi connectivity index (χ4n) is 0.183. The van der Waals surface area contributed by atoms with Gasteiger partial charge in [0.25, 0.3) is 3.98 Å². The molecule has 54 valence electrons. The molecular formula is C4H5Cl3O2. The van der Waals surface area contributed by atoms with Crippen molar-refractivity contribution in [1.29, 1.82) is 0 Å². The van der Waals surface area contributed by atoms with E-state index < -0.39 is 3.98 Å². The lowest BCUT2D eigenvalue weighted by Crippen LogP contribution is -2.14. The van der Waals surface area contributed by atoms with E-state index in [1.54, 1.807) is 0 Å². The molecule has 0 bridgehead atoms. The third kappa shape index (κ3) is 8.50. The van der Waals surface area contributed by atoms with Gasteiger partial charge in [-0.3, -0.25) is 4.79 Å². The summed E-state index contributed by atoms with van der Waals surface area (Å²) in [5.41, 5.74) is 0. The summed E-state index contributed by atoms with van der Waals surface area (Å²) in [6, 6.07) is 0. The molecule has 0 saturated carbocycles. The highest BCUT2D eigenvalue weighted by Gasteiger charge is 2.20. The van der Waals surface area contributed by atoms with Crippen molar-refractivity contribution in [2.24, 2.45) is 0 Å². The molecule has 0 aliphatic rings. The quantitative estimate of drug-likeness (QED) is 0.623. The minimum atomic E-state index is -1.77. The first-order valence-corrected chi connectivity index (χ1v) is 3.25. The van der Waals surface area contributed by atoms with Crippen LogP contribution in [0, 0.1) is 0 Å². The maximum absolute atomic E-state index is 10.2. The normalized spacial score (nSPS) is 11.6. The lowest BCUT2D eigenvalue weighted by molar-refractivity contribution is -0.121. The standard InChI is InChI=1S/C4H5Cl3O2/c1-3(8)2-9-4(5,6)7/h2H2,1H3. The van der Waals surface area contributed by atoms with Crippen LogP contribution in [-0.4, -0.2) is 16.4 Å². The molecule has 0 saturated heterocycles. The maximum atomic E-state index is 10.2. The van der Waals surface area contributed by atoms with Crippen LogP contribution < -0.4 is 0 Å². The first kappa shape index (κ1) is 9.50. The summed E-state index contributed by atoms with van der Waals surface area (Å²) >= 11 is 15.4. The van der Waals surface area contributed by atoms with Gasteiger partial charge in [0, 0.05) is 0 Å². The number of hydrogen-bond acceptors (Lipinski definition) is 2. The molecule has 0 unspecified atom stereocenters. The van der Waals surface area contributed by atoms with Gasteiger partial charge >= 0.3 is 0 Å². The monoisotopic (exact) mass is 190 g/mol. The SMILES string of the molecule is CC(=O)COC(Cl)(Cl)Cl. The highest BCUT2D eigenvalue weighted by Crippen LogP contribution is 2.26. The van der Waals surface area contributed by atoms with Crippen LogP contribution in [0.4, 0.5) is 0 Å². The van der Waals surface area contributed by atoms with Gasteiger partial charge in [0.2, 0.25) is 0 Å². The number of alkyl halides is 3. The summed E-state index contributed by atoms with van der Waals surface area (Å²) in [4.78, 5) is 10.2. The van der Waals surface area contributed by atoms with Gasteiger partial charge in [0.15, 0.2) is 5.78 Å². The fraction of sp³-hybridized carbons (Fsp3) is 0.750. The molecule has 0 spiro atoms. The molecule has 0 aliphatic heterocycles. The van der Waals surface area contributed by atoms with E-state index in [0.29, 0.717) is 0 Å². The third-order valence-corrected chi connectivity index (χ3v) is 0.766. The van der Waals surface area contributed by atoms with Crippen molar-refractivity contribution in [3.05, 3.63) is 0 Å². The first-order chi connectivity index (χ1) is 3.92. The molecule has 9 heavy (non-hydrogen) atoms. The van der Waals surface area contributed by atoms with Crippen LogP contribution in [0.1, 0.15) is 6.92 Å². The average Bonchev–Trinajstić information content (AvgIpc) is 1.59. The minimum absolute atomic E-state index is 0.170. The van der Waals surface area contributed by atoms with Crippen molar-refractivity contribution in [1.82, 2.24) is 0 Å². The molecular weight excluding hydrogens is 186 g/mol. The van der Waals surface area contributed by atoms with Crippen LogP contribution in [-0.2, 0) is 9.53 Å². The predicted octanol–water partition coefficient (Wildman–Crippen LogP) is 1.92. The second kappa shape index (κ2) is 3.62. The summed E-state index contributed by atoms with van der Waals surface area (Å²) < 4.78 is 2.67. The van der Waals surface area contributed by atoms with Crippen LogP contribution >= 0.6 is 34.8 Å². The smallest absolute Gasteiger partial charge is 0.297 e. The molecule has 0 radical (unpaired) electrons. The van der Waals surface area contributed by atoms with E-state index in [0.717, 1.165) is 0 Å². The van der Waals surface area contributed by atoms with Gasteiger partial charge in [0.1, 0.15) is 6.61 Å². The Morgan fingerprint density at radius 1 is 1.56 bits per heavy atom. The van der Waals surface area contributed by atoms with E-state index >= 15 is 0 Å². The zero-order chi connectivity index (χ0) is 7.49. The molecule has 2 nitrogen and oxygen atoms in total. The fourth-order valence-corrected chi connectivity index (χ4v) is 0.347. The second-order valence-corrected chi connectivity index (χ2v) is 3.61. The minimum Gasteiger partial charge on any atom is -0.326 e. The molecule has 0 amide bonds. The Kier molecular flexibility index (Phi) is 3.82. The van der Waals surface area contributed by atoms with Crippen LogP contribution in [0.3, 0.4) is 0 Å². The third-order valence-electron chi connectivity index (χ3n) is 0.439. The zero-order valence-electron chi connectivity index (χ0n) is 4.66. The molecule has 0 fully saturated rings. The van der Waals surface area contributed by atoms with E-state index in [-0.39, 0.29) is 12.4 Å². The Hall–Kier alpha value is 0.500. The van der Waals surface area contributed by atoms with E-state index in [1.165, 1.54) is 6.92 Å². The van der Waals surface area contributed by atoms with Gasteiger partial charge in [-0.1, -0.05) is 34.8 Å². The van der Waals surface area contributed by atoms with Gasteiger partial charge in [-0.2, -0.15) is 0 Å².